The van der Waals surface area contributed by atoms with Gasteiger partial charge in [-0.2, -0.15) is 0 Å². The third-order valence-corrected chi connectivity index (χ3v) is 3.93. The molecule has 0 aromatic carbocycles. The Bertz CT molecular complexity index is 438. The molecule has 2 rings (SSSR count). The molecule has 1 saturated heterocycles. The van der Waals surface area contributed by atoms with E-state index in [0.29, 0.717) is 10.2 Å². The quantitative estimate of drug-likeness (QED) is 0.744. The van der Waals surface area contributed by atoms with Crippen molar-refractivity contribution in [2.75, 3.05) is 26.7 Å². The number of hydrogen-bond donors (Lipinski definition) is 0. The number of amides is 1. The predicted octanol–water partition coefficient (Wildman–Crippen LogP) is 2.01. The average Bonchev–Trinajstić information content (AvgIpc) is 2.50. The number of carbonyl (C=O) groups excluding carboxylic acids is 1. The lowest BCUT2D eigenvalue weighted by Gasteiger charge is -2.28. The summed E-state index contributed by atoms with van der Waals surface area (Å²) in [5.74, 6) is 0.0674. The SMILES string of the molecule is CC1CN(C)CCCN1C(=O)c1cccnc1Br. The highest BCUT2D eigenvalue weighted by molar-refractivity contribution is 9.10. The molecule has 0 N–H and O–H groups in total. The van der Waals surface area contributed by atoms with Crippen molar-refractivity contribution in [3.8, 4) is 0 Å². The molecule has 5 heteroatoms. The molecule has 2 heterocycles. The van der Waals surface area contributed by atoms with Crippen molar-refractivity contribution in [2.45, 2.75) is 19.4 Å². The number of carbonyl (C=O) groups is 1. The van der Waals surface area contributed by atoms with Crippen molar-refractivity contribution in [1.82, 2.24) is 14.8 Å². The van der Waals surface area contributed by atoms with Crippen molar-refractivity contribution in [3.05, 3.63) is 28.5 Å². The molecule has 0 aliphatic carbocycles. The molecule has 0 spiro atoms. The molecular weight excluding hydrogens is 294 g/mol. The van der Waals surface area contributed by atoms with E-state index in [2.05, 4.69) is 39.8 Å². The van der Waals surface area contributed by atoms with Crippen LogP contribution in [0.2, 0.25) is 0 Å². The van der Waals surface area contributed by atoms with Gasteiger partial charge in [0.05, 0.1) is 5.56 Å². The van der Waals surface area contributed by atoms with Gasteiger partial charge in [0.25, 0.3) is 5.91 Å². The lowest BCUT2D eigenvalue weighted by molar-refractivity contribution is 0.0695. The average molecular weight is 312 g/mol. The molecule has 4 nitrogen and oxygen atoms in total. The zero-order valence-electron chi connectivity index (χ0n) is 10.8. The first-order chi connectivity index (χ1) is 8.59. The number of rotatable bonds is 1. The predicted molar refractivity (Wildman–Crippen MR) is 74.5 cm³/mol. The van der Waals surface area contributed by atoms with E-state index in [1.165, 1.54) is 0 Å². The van der Waals surface area contributed by atoms with E-state index in [0.717, 1.165) is 26.1 Å². The first-order valence-corrected chi connectivity index (χ1v) is 6.99. The Kier molecular flexibility index (Phi) is 4.35. The lowest BCUT2D eigenvalue weighted by Crippen LogP contribution is -2.42. The molecule has 1 aromatic rings. The van der Waals surface area contributed by atoms with Crippen LogP contribution in [0.1, 0.15) is 23.7 Å². The van der Waals surface area contributed by atoms with Crippen molar-refractivity contribution in [1.29, 1.82) is 0 Å². The van der Waals surface area contributed by atoms with Crippen LogP contribution in [0, 0.1) is 0 Å². The highest BCUT2D eigenvalue weighted by Crippen LogP contribution is 2.18. The van der Waals surface area contributed by atoms with Gasteiger partial charge in [0.2, 0.25) is 0 Å². The molecule has 0 saturated carbocycles. The summed E-state index contributed by atoms with van der Waals surface area (Å²) in [7, 11) is 2.10. The molecule has 0 bridgehead atoms. The molecular formula is C13H18BrN3O. The lowest BCUT2D eigenvalue weighted by atomic mass is 10.2. The van der Waals surface area contributed by atoms with Crippen LogP contribution < -0.4 is 0 Å². The van der Waals surface area contributed by atoms with Crippen molar-refractivity contribution < 1.29 is 4.79 Å². The smallest absolute Gasteiger partial charge is 0.256 e. The van der Waals surface area contributed by atoms with E-state index in [-0.39, 0.29) is 11.9 Å². The highest BCUT2D eigenvalue weighted by atomic mass is 79.9. The summed E-state index contributed by atoms with van der Waals surface area (Å²) in [6.45, 7) is 4.88. The van der Waals surface area contributed by atoms with E-state index >= 15 is 0 Å². The van der Waals surface area contributed by atoms with Gasteiger partial charge in [-0.15, -0.1) is 0 Å². The normalized spacial score (nSPS) is 21.7. The van der Waals surface area contributed by atoms with E-state index in [1.54, 1.807) is 12.3 Å². The van der Waals surface area contributed by atoms with Crippen LogP contribution in [0.3, 0.4) is 0 Å². The molecule has 1 amide bonds. The first-order valence-electron chi connectivity index (χ1n) is 6.19. The van der Waals surface area contributed by atoms with Gasteiger partial charge in [0.15, 0.2) is 0 Å². The van der Waals surface area contributed by atoms with Crippen molar-refractivity contribution >= 4 is 21.8 Å². The largest absolute Gasteiger partial charge is 0.335 e. The van der Waals surface area contributed by atoms with Gasteiger partial charge in [-0.05, 0) is 55.0 Å². The van der Waals surface area contributed by atoms with Crippen LogP contribution in [0.4, 0.5) is 0 Å². The molecule has 1 atom stereocenters. The minimum atomic E-state index is 0.0674. The number of aromatic nitrogens is 1. The highest BCUT2D eigenvalue weighted by Gasteiger charge is 2.26. The van der Waals surface area contributed by atoms with E-state index < -0.39 is 0 Å². The Morgan fingerprint density at radius 3 is 3.00 bits per heavy atom. The number of nitrogens with zero attached hydrogens (tertiary/aromatic N) is 3. The molecule has 98 valence electrons. The Labute approximate surface area is 116 Å². The second-order valence-electron chi connectivity index (χ2n) is 4.81. The summed E-state index contributed by atoms with van der Waals surface area (Å²) in [6, 6.07) is 3.85. The van der Waals surface area contributed by atoms with Gasteiger partial charge in [-0.1, -0.05) is 0 Å². The number of likely N-dealkylation sites (N-methyl/N-ethyl adjacent to an activating group) is 1. The number of halogens is 1. The number of hydrogen-bond acceptors (Lipinski definition) is 3. The minimum absolute atomic E-state index is 0.0674. The monoisotopic (exact) mass is 311 g/mol. The maximum atomic E-state index is 12.5. The van der Waals surface area contributed by atoms with Crippen molar-refractivity contribution in [3.63, 3.8) is 0 Å². The Morgan fingerprint density at radius 2 is 2.28 bits per heavy atom. The molecule has 1 aliphatic heterocycles. The topological polar surface area (TPSA) is 36.4 Å². The van der Waals surface area contributed by atoms with Gasteiger partial charge in [-0.25, -0.2) is 4.98 Å². The molecule has 1 aliphatic rings. The molecule has 18 heavy (non-hydrogen) atoms. The standard InChI is InChI=1S/C13H18BrN3O/c1-10-9-16(2)7-4-8-17(10)13(18)11-5-3-6-15-12(11)14/h3,5-6,10H,4,7-9H2,1-2H3. The van der Waals surface area contributed by atoms with Gasteiger partial charge < -0.3 is 9.80 Å². The fourth-order valence-corrected chi connectivity index (χ4v) is 2.79. The third kappa shape index (κ3) is 2.90. The summed E-state index contributed by atoms with van der Waals surface area (Å²) >= 11 is 3.35. The zero-order valence-corrected chi connectivity index (χ0v) is 12.4. The summed E-state index contributed by atoms with van der Waals surface area (Å²) in [5.41, 5.74) is 0.647. The molecule has 1 aromatic heterocycles. The number of pyridine rings is 1. The first kappa shape index (κ1) is 13.5. The van der Waals surface area contributed by atoms with Crippen LogP contribution >= 0.6 is 15.9 Å². The van der Waals surface area contributed by atoms with Gasteiger partial charge in [-0.3, -0.25) is 4.79 Å². The zero-order chi connectivity index (χ0) is 13.1. The van der Waals surface area contributed by atoms with E-state index in [4.69, 9.17) is 0 Å². The van der Waals surface area contributed by atoms with Crippen LogP contribution in [-0.4, -0.2) is 53.4 Å². The van der Waals surface area contributed by atoms with Gasteiger partial charge >= 0.3 is 0 Å². The van der Waals surface area contributed by atoms with Crippen LogP contribution in [-0.2, 0) is 0 Å². The minimum Gasteiger partial charge on any atom is -0.335 e. The fraction of sp³-hybridized carbons (Fsp3) is 0.538. The molecule has 1 fully saturated rings. The second-order valence-corrected chi connectivity index (χ2v) is 5.56. The summed E-state index contributed by atoms with van der Waals surface area (Å²) in [4.78, 5) is 20.9. The molecule has 1 unspecified atom stereocenters. The maximum Gasteiger partial charge on any atom is 0.256 e. The van der Waals surface area contributed by atoms with Gasteiger partial charge in [0, 0.05) is 25.3 Å². The van der Waals surface area contributed by atoms with Crippen LogP contribution in [0.5, 0.6) is 0 Å². The van der Waals surface area contributed by atoms with Crippen LogP contribution in [0.25, 0.3) is 0 Å². The maximum absolute atomic E-state index is 12.5. The summed E-state index contributed by atoms with van der Waals surface area (Å²) in [6.07, 6.45) is 2.70. The van der Waals surface area contributed by atoms with Gasteiger partial charge in [0.1, 0.15) is 4.60 Å². The van der Waals surface area contributed by atoms with Crippen molar-refractivity contribution in [2.24, 2.45) is 0 Å². The Balaban J connectivity index is 2.20. The summed E-state index contributed by atoms with van der Waals surface area (Å²) < 4.78 is 0.625. The fourth-order valence-electron chi connectivity index (χ4n) is 2.37. The summed E-state index contributed by atoms with van der Waals surface area (Å²) in [5, 5.41) is 0. The third-order valence-electron chi connectivity index (χ3n) is 3.30. The Hall–Kier alpha value is -0.940. The Morgan fingerprint density at radius 1 is 1.50 bits per heavy atom. The molecule has 0 radical (unpaired) electrons. The second kappa shape index (κ2) is 5.80. The van der Waals surface area contributed by atoms with E-state index in [9.17, 15) is 4.79 Å². The van der Waals surface area contributed by atoms with Crippen LogP contribution in [0.15, 0.2) is 22.9 Å². The van der Waals surface area contributed by atoms with E-state index in [1.807, 2.05) is 11.0 Å².